The second kappa shape index (κ2) is 6.06. The number of thiophene rings is 1. The standard InChI is InChI=1S/C15H22N2OS/c18-15(17-9-7-16-8-10-17)14-11-12-5-3-1-2-4-6-13(12)19-14/h11,16H,1-10H2. The molecule has 0 atom stereocenters. The first-order chi connectivity index (χ1) is 9.34. The van der Waals surface area contributed by atoms with Crippen molar-refractivity contribution < 1.29 is 4.79 Å². The summed E-state index contributed by atoms with van der Waals surface area (Å²) in [5, 5.41) is 3.30. The summed E-state index contributed by atoms with van der Waals surface area (Å²) in [6.45, 7) is 3.55. The molecule has 2 aliphatic rings. The fourth-order valence-corrected chi connectivity index (χ4v) is 4.19. The van der Waals surface area contributed by atoms with Crippen LogP contribution in [0.3, 0.4) is 0 Å². The van der Waals surface area contributed by atoms with Gasteiger partial charge in [-0.05, 0) is 37.3 Å². The Balaban J connectivity index is 1.76. The molecule has 2 heterocycles. The molecule has 3 rings (SSSR count). The summed E-state index contributed by atoms with van der Waals surface area (Å²) in [5.41, 5.74) is 1.45. The molecule has 3 nitrogen and oxygen atoms in total. The van der Waals surface area contributed by atoms with Crippen LogP contribution in [0.1, 0.15) is 45.8 Å². The molecule has 0 unspecified atom stereocenters. The Kier molecular flexibility index (Phi) is 4.18. The van der Waals surface area contributed by atoms with E-state index in [1.165, 1.54) is 49.0 Å². The topological polar surface area (TPSA) is 32.3 Å². The number of fused-ring (bicyclic) bond motifs is 1. The van der Waals surface area contributed by atoms with Crippen molar-refractivity contribution >= 4 is 17.2 Å². The van der Waals surface area contributed by atoms with E-state index >= 15 is 0 Å². The molecule has 1 saturated heterocycles. The number of carbonyl (C=O) groups excluding carboxylic acids is 1. The van der Waals surface area contributed by atoms with Gasteiger partial charge in [-0.25, -0.2) is 0 Å². The third kappa shape index (κ3) is 3.00. The van der Waals surface area contributed by atoms with E-state index in [2.05, 4.69) is 11.4 Å². The van der Waals surface area contributed by atoms with Crippen LogP contribution in [-0.2, 0) is 12.8 Å². The summed E-state index contributed by atoms with van der Waals surface area (Å²) in [6, 6.07) is 2.18. The van der Waals surface area contributed by atoms with E-state index in [1.807, 2.05) is 4.90 Å². The molecule has 19 heavy (non-hydrogen) atoms. The van der Waals surface area contributed by atoms with E-state index < -0.39 is 0 Å². The van der Waals surface area contributed by atoms with Gasteiger partial charge in [0.1, 0.15) is 0 Å². The van der Waals surface area contributed by atoms with Gasteiger partial charge < -0.3 is 10.2 Å². The minimum absolute atomic E-state index is 0.248. The molecular weight excluding hydrogens is 256 g/mol. The summed E-state index contributed by atoms with van der Waals surface area (Å²) in [4.78, 5) is 16.9. The van der Waals surface area contributed by atoms with Crippen molar-refractivity contribution in [1.82, 2.24) is 10.2 Å². The lowest BCUT2D eigenvalue weighted by molar-refractivity contribution is 0.0740. The number of piperazine rings is 1. The maximum Gasteiger partial charge on any atom is 0.264 e. The Bertz CT molecular complexity index is 423. The second-order valence-electron chi connectivity index (χ2n) is 5.52. The Morgan fingerprint density at radius 2 is 1.84 bits per heavy atom. The molecule has 0 radical (unpaired) electrons. The predicted octanol–water partition coefficient (Wildman–Crippen LogP) is 2.45. The number of rotatable bonds is 1. The Hall–Kier alpha value is -0.870. The van der Waals surface area contributed by atoms with E-state index in [9.17, 15) is 4.79 Å². The van der Waals surface area contributed by atoms with Crippen LogP contribution in [0, 0.1) is 0 Å². The van der Waals surface area contributed by atoms with E-state index in [-0.39, 0.29) is 5.91 Å². The largest absolute Gasteiger partial charge is 0.335 e. The number of carbonyl (C=O) groups is 1. The quantitative estimate of drug-likeness (QED) is 0.856. The SMILES string of the molecule is O=C(c1cc2c(s1)CCCCCC2)N1CCNCC1. The van der Waals surface area contributed by atoms with Gasteiger partial charge in [-0.3, -0.25) is 4.79 Å². The number of amides is 1. The molecule has 0 spiro atoms. The van der Waals surface area contributed by atoms with Gasteiger partial charge in [-0.1, -0.05) is 12.8 Å². The van der Waals surface area contributed by atoms with Crippen molar-refractivity contribution in [2.75, 3.05) is 26.2 Å². The molecule has 1 aliphatic carbocycles. The fraction of sp³-hybridized carbons (Fsp3) is 0.667. The van der Waals surface area contributed by atoms with Gasteiger partial charge in [-0.15, -0.1) is 11.3 Å². The summed E-state index contributed by atoms with van der Waals surface area (Å²) < 4.78 is 0. The van der Waals surface area contributed by atoms with Crippen molar-refractivity contribution in [2.45, 2.75) is 38.5 Å². The first-order valence-corrected chi connectivity index (χ1v) is 8.28. The van der Waals surface area contributed by atoms with Crippen LogP contribution in [0.5, 0.6) is 0 Å². The maximum absolute atomic E-state index is 12.5. The van der Waals surface area contributed by atoms with Gasteiger partial charge in [0.15, 0.2) is 0 Å². The van der Waals surface area contributed by atoms with Gasteiger partial charge in [0.25, 0.3) is 5.91 Å². The zero-order valence-corrected chi connectivity index (χ0v) is 12.2. The van der Waals surface area contributed by atoms with Crippen LogP contribution in [-0.4, -0.2) is 37.0 Å². The highest BCUT2D eigenvalue weighted by molar-refractivity contribution is 7.14. The highest BCUT2D eigenvalue weighted by Crippen LogP contribution is 2.29. The van der Waals surface area contributed by atoms with Crippen molar-refractivity contribution in [3.05, 3.63) is 21.4 Å². The number of nitrogens with one attached hydrogen (secondary N) is 1. The molecule has 1 N–H and O–H groups in total. The van der Waals surface area contributed by atoms with Crippen molar-refractivity contribution in [3.8, 4) is 0 Å². The van der Waals surface area contributed by atoms with Crippen LogP contribution in [0.2, 0.25) is 0 Å². The molecule has 104 valence electrons. The average molecular weight is 278 g/mol. The van der Waals surface area contributed by atoms with Gasteiger partial charge >= 0.3 is 0 Å². The first kappa shape index (κ1) is 13.1. The third-order valence-corrected chi connectivity index (χ3v) is 5.34. The molecule has 0 aromatic carbocycles. The zero-order valence-electron chi connectivity index (χ0n) is 11.4. The number of nitrogens with zero attached hydrogens (tertiary/aromatic N) is 1. The summed E-state index contributed by atoms with van der Waals surface area (Å²) in [6.07, 6.45) is 7.60. The van der Waals surface area contributed by atoms with E-state index in [0.29, 0.717) is 0 Å². The highest BCUT2D eigenvalue weighted by atomic mass is 32.1. The molecular formula is C15H22N2OS. The van der Waals surface area contributed by atoms with Crippen LogP contribution in [0.15, 0.2) is 6.07 Å². The van der Waals surface area contributed by atoms with Crippen molar-refractivity contribution in [3.63, 3.8) is 0 Å². The molecule has 1 amide bonds. The molecule has 1 aliphatic heterocycles. The van der Waals surface area contributed by atoms with Gasteiger partial charge in [0.05, 0.1) is 4.88 Å². The van der Waals surface area contributed by atoms with Gasteiger partial charge in [-0.2, -0.15) is 0 Å². The van der Waals surface area contributed by atoms with Gasteiger partial charge in [0, 0.05) is 31.1 Å². The van der Waals surface area contributed by atoms with Crippen LogP contribution >= 0.6 is 11.3 Å². The van der Waals surface area contributed by atoms with E-state index in [4.69, 9.17) is 0 Å². The maximum atomic E-state index is 12.5. The summed E-state index contributed by atoms with van der Waals surface area (Å²) >= 11 is 1.75. The highest BCUT2D eigenvalue weighted by Gasteiger charge is 2.21. The molecule has 0 saturated carbocycles. The lowest BCUT2D eigenvalue weighted by Crippen LogP contribution is -2.46. The molecule has 0 bridgehead atoms. The van der Waals surface area contributed by atoms with Gasteiger partial charge in [0.2, 0.25) is 0 Å². The lowest BCUT2D eigenvalue weighted by atomic mass is 10.00. The minimum Gasteiger partial charge on any atom is -0.335 e. The van der Waals surface area contributed by atoms with E-state index in [1.54, 1.807) is 11.3 Å². The smallest absolute Gasteiger partial charge is 0.264 e. The second-order valence-corrected chi connectivity index (χ2v) is 6.65. The van der Waals surface area contributed by atoms with Crippen LogP contribution in [0.4, 0.5) is 0 Å². The normalized spacial score (nSPS) is 20.5. The summed E-state index contributed by atoms with van der Waals surface area (Å²) in [7, 11) is 0. The monoisotopic (exact) mass is 278 g/mol. The van der Waals surface area contributed by atoms with Crippen LogP contribution < -0.4 is 5.32 Å². The Morgan fingerprint density at radius 1 is 1.11 bits per heavy atom. The fourth-order valence-electron chi connectivity index (χ4n) is 2.97. The van der Waals surface area contributed by atoms with Crippen molar-refractivity contribution in [2.24, 2.45) is 0 Å². The third-order valence-electron chi connectivity index (χ3n) is 4.11. The number of hydrogen-bond acceptors (Lipinski definition) is 3. The molecule has 1 aromatic rings. The minimum atomic E-state index is 0.248. The predicted molar refractivity (Wildman–Crippen MR) is 79.0 cm³/mol. The number of hydrogen-bond donors (Lipinski definition) is 1. The van der Waals surface area contributed by atoms with E-state index in [0.717, 1.165) is 31.1 Å². The Morgan fingerprint density at radius 3 is 2.63 bits per heavy atom. The molecule has 1 aromatic heterocycles. The zero-order chi connectivity index (χ0) is 13.1. The lowest BCUT2D eigenvalue weighted by Gasteiger charge is -2.26. The summed E-state index contributed by atoms with van der Waals surface area (Å²) in [5.74, 6) is 0.248. The van der Waals surface area contributed by atoms with Crippen LogP contribution in [0.25, 0.3) is 0 Å². The average Bonchev–Trinajstić information content (AvgIpc) is 2.81. The number of aryl methyl sites for hydroxylation is 2. The molecule has 4 heteroatoms. The Labute approximate surface area is 119 Å². The van der Waals surface area contributed by atoms with Crippen molar-refractivity contribution in [1.29, 1.82) is 0 Å². The molecule has 1 fully saturated rings. The first-order valence-electron chi connectivity index (χ1n) is 7.46.